The lowest BCUT2D eigenvalue weighted by Gasteiger charge is -2.48. The Bertz CT molecular complexity index is 1150. The third-order valence-electron chi connectivity index (χ3n) is 7.03. The predicted octanol–water partition coefficient (Wildman–Crippen LogP) is 3.77. The van der Waals surface area contributed by atoms with Gasteiger partial charge in [-0.3, -0.25) is 14.2 Å². The maximum atomic E-state index is 14.1. The average Bonchev–Trinajstić information content (AvgIpc) is 3.31. The van der Waals surface area contributed by atoms with Crippen molar-refractivity contribution in [1.82, 2.24) is 9.47 Å². The molecule has 1 amide bonds. The molecular weight excluding hydrogens is 392 g/mol. The molecule has 1 aliphatic carbocycles. The van der Waals surface area contributed by atoms with Gasteiger partial charge in [-0.05, 0) is 42.7 Å². The molecular formula is C25H26N2O4. The van der Waals surface area contributed by atoms with Crippen molar-refractivity contribution in [1.29, 1.82) is 0 Å². The molecule has 31 heavy (non-hydrogen) atoms. The van der Waals surface area contributed by atoms with Crippen LogP contribution in [0.15, 0.2) is 60.8 Å². The van der Waals surface area contributed by atoms with Crippen LogP contribution in [0.1, 0.15) is 42.5 Å². The van der Waals surface area contributed by atoms with E-state index in [1.807, 2.05) is 54.6 Å². The SMILES string of the molecule is COc1ccc(CN2C(=O)C[C@@]3(O)CCCC[C@]23C(=O)n2ccc3ccccc32)cc1. The number of ether oxygens (including phenoxy) is 1. The van der Waals surface area contributed by atoms with Gasteiger partial charge in [0.25, 0.3) is 5.91 Å². The Labute approximate surface area is 181 Å². The van der Waals surface area contributed by atoms with E-state index in [0.29, 0.717) is 12.8 Å². The second-order valence-electron chi connectivity index (χ2n) is 8.65. The summed E-state index contributed by atoms with van der Waals surface area (Å²) in [6.45, 7) is 0.274. The maximum absolute atomic E-state index is 14.1. The molecule has 0 radical (unpaired) electrons. The van der Waals surface area contributed by atoms with Gasteiger partial charge in [0, 0.05) is 18.1 Å². The first-order chi connectivity index (χ1) is 15.0. The van der Waals surface area contributed by atoms with E-state index >= 15 is 0 Å². The molecule has 1 aliphatic heterocycles. The first-order valence-electron chi connectivity index (χ1n) is 10.8. The van der Waals surface area contributed by atoms with Crippen LogP contribution in [0.2, 0.25) is 0 Å². The smallest absolute Gasteiger partial charge is 0.260 e. The Balaban J connectivity index is 1.61. The van der Waals surface area contributed by atoms with Crippen LogP contribution in [0.25, 0.3) is 10.9 Å². The molecule has 2 aliphatic rings. The van der Waals surface area contributed by atoms with Crippen molar-refractivity contribution in [3.05, 3.63) is 66.4 Å². The lowest BCUT2D eigenvalue weighted by atomic mass is 9.69. The highest BCUT2D eigenvalue weighted by Gasteiger charge is 2.67. The van der Waals surface area contributed by atoms with E-state index in [2.05, 4.69) is 0 Å². The number of fused-ring (bicyclic) bond motifs is 2. The number of nitrogens with zero attached hydrogens (tertiary/aromatic N) is 2. The zero-order chi connectivity index (χ0) is 21.6. The molecule has 0 spiro atoms. The third-order valence-corrected chi connectivity index (χ3v) is 7.03. The number of carbonyl (C=O) groups excluding carboxylic acids is 2. The van der Waals surface area contributed by atoms with Gasteiger partial charge >= 0.3 is 0 Å². The number of rotatable bonds is 4. The van der Waals surface area contributed by atoms with Gasteiger partial charge in [-0.1, -0.05) is 43.2 Å². The summed E-state index contributed by atoms with van der Waals surface area (Å²) < 4.78 is 6.85. The molecule has 160 valence electrons. The molecule has 0 bridgehead atoms. The summed E-state index contributed by atoms with van der Waals surface area (Å²) >= 11 is 0. The van der Waals surface area contributed by atoms with E-state index in [4.69, 9.17) is 4.74 Å². The van der Waals surface area contributed by atoms with E-state index in [1.165, 1.54) is 0 Å². The van der Waals surface area contributed by atoms with Gasteiger partial charge in [-0.15, -0.1) is 0 Å². The number of benzene rings is 2. The molecule has 2 atom stereocenters. The third kappa shape index (κ3) is 2.89. The molecule has 3 aromatic rings. The lowest BCUT2D eigenvalue weighted by Crippen LogP contribution is -2.65. The molecule has 1 saturated heterocycles. The molecule has 0 unspecified atom stereocenters. The van der Waals surface area contributed by atoms with Gasteiger partial charge < -0.3 is 14.7 Å². The van der Waals surface area contributed by atoms with Crippen molar-refractivity contribution in [2.75, 3.05) is 7.11 Å². The summed E-state index contributed by atoms with van der Waals surface area (Å²) in [5, 5.41) is 12.6. The lowest BCUT2D eigenvalue weighted by molar-refractivity contribution is -0.132. The Hall–Kier alpha value is -3.12. The topological polar surface area (TPSA) is 71.8 Å². The van der Waals surface area contributed by atoms with Gasteiger partial charge in [0.05, 0.1) is 19.0 Å². The molecule has 6 heteroatoms. The molecule has 6 nitrogen and oxygen atoms in total. The zero-order valence-electron chi connectivity index (χ0n) is 17.6. The van der Waals surface area contributed by atoms with Gasteiger partial charge in [-0.2, -0.15) is 0 Å². The fourth-order valence-electron chi connectivity index (χ4n) is 5.43. The van der Waals surface area contributed by atoms with Crippen LogP contribution in [-0.2, 0) is 11.3 Å². The van der Waals surface area contributed by atoms with Crippen LogP contribution in [0.3, 0.4) is 0 Å². The number of methoxy groups -OCH3 is 1. The first kappa shape index (κ1) is 19.8. The van der Waals surface area contributed by atoms with Crippen LogP contribution < -0.4 is 4.74 Å². The van der Waals surface area contributed by atoms with Gasteiger partial charge in [0.1, 0.15) is 11.4 Å². The Morgan fingerprint density at radius 1 is 1.06 bits per heavy atom. The zero-order valence-corrected chi connectivity index (χ0v) is 17.6. The molecule has 1 saturated carbocycles. The van der Waals surface area contributed by atoms with Crippen LogP contribution in [-0.4, -0.2) is 44.6 Å². The van der Waals surface area contributed by atoms with Crippen molar-refractivity contribution < 1.29 is 19.4 Å². The molecule has 1 N–H and O–H groups in total. The minimum Gasteiger partial charge on any atom is -0.497 e. The van der Waals surface area contributed by atoms with Crippen molar-refractivity contribution in [3.63, 3.8) is 0 Å². The predicted molar refractivity (Wildman–Crippen MR) is 117 cm³/mol. The van der Waals surface area contributed by atoms with Crippen LogP contribution in [0.5, 0.6) is 5.75 Å². The Kier molecular flexibility index (Phi) is 4.63. The normalized spacial score (nSPS) is 25.6. The van der Waals surface area contributed by atoms with Crippen molar-refractivity contribution in [3.8, 4) is 5.75 Å². The molecule has 1 aromatic heterocycles. The fraction of sp³-hybridized carbons (Fsp3) is 0.360. The molecule has 5 rings (SSSR count). The molecule has 2 fully saturated rings. The maximum Gasteiger partial charge on any atom is 0.260 e. The summed E-state index contributed by atoms with van der Waals surface area (Å²) in [5.74, 6) is 0.329. The summed E-state index contributed by atoms with van der Waals surface area (Å²) in [7, 11) is 1.61. The number of hydrogen-bond acceptors (Lipinski definition) is 4. The van der Waals surface area contributed by atoms with E-state index in [9.17, 15) is 14.7 Å². The fourth-order valence-corrected chi connectivity index (χ4v) is 5.43. The van der Waals surface area contributed by atoms with Crippen LogP contribution >= 0.6 is 0 Å². The highest BCUT2D eigenvalue weighted by molar-refractivity contribution is 6.02. The van der Waals surface area contributed by atoms with Crippen molar-refractivity contribution in [2.45, 2.75) is 49.8 Å². The quantitative estimate of drug-likeness (QED) is 0.700. The van der Waals surface area contributed by atoms with Crippen LogP contribution in [0, 0.1) is 0 Å². The van der Waals surface area contributed by atoms with Crippen molar-refractivity contribution in [2.24, 2.45) is 0 Å². The number of amides is 1. The average molecular weight is 418 g/mol. The molecule has 2 aromatic carbocycles. The van der Waals surface area contributed by atoms with E-state index in [-0.39, 0.29) is 24.8 Å². The largest absolute Gasteiger partial charge is 0.497 e. The number of likely N-dealkylation sites (tertiary alicyclic amines) is 1. The standard InChI is InChI=1S/C25H26N2O4/c1-31-20-10-8-18(9-11-20)17-27-22(28)16-24(30)13-4-5-14-25(24,27)23(29)26-15-12-19-6-2-3-7-21(19)26/h2-3,6-12,15,30H,4-5,13-14,16-17H2,1H3/t24-,25+/m0/s1. The van der Waals surface area contributed by atoms with E-state index in [0.717, 1.165) is 35.1 Å². The van der Waals surface area contributed by atoms with E-state index < -0.39 is 11.1 Å². The van der Waals surface area contributed by atoms with Gasteiger partial charge in [0.2, 0.25) is 5.91 Å². The van der Waals surface area contributed by atoms with Crippen LogP contribution in [0.4, 0.5) is 0 Å². The summed E-state index contributed by atoms with van der Waals surface area (Å²) in [4.78, 5) is 28.9. The number of aromatic nitrogens is 1. The Morgan fingerprint density at radius 3 is 2.58 bits per heavy atom. The summed E-state index contributed by atoms with van der Waals surface area (Å²) in [6, 6.07) is 17.1. The summed E-state index contributed by atoms with van der Waals surface area (Å²) in [6.07, 6.45) is 4.24. The summed E-state index contributed by atoms with van der Waals surface area (Å²) in [5.41, 5.74) is -0.950. The minimum atomic E-state index is -1.36. The second kappa shape index (κ2) is 7.24. The number of aliphatic hydroxyl groups is 1. The minimum absolute atomic E-state index is 0.0197. The number of hydrogen-bond donors (Lipinski definition) is 1. The number of carbonyl (C=O) groups is 2. The van der Waals surface area contributed by atoms with E-state index in [1.54, 1.807) is 22.8 Å². The number of para-hydroxylation sites is 1. The first-order valence-corrected chi connectivity index (χ1v) is 10.8. The highest BCUT2D eigenvalue weighted by atomic mass is 16.5. The van der Waals surface area contributed by atoms with Gasteiger partial charge in [-0.25, -0.2) is 0 Å². The Morgan fingerprint density at radius 2 is 1.81 bits per heavy atom. The van der Waals surface area contributed by atoms with Crippen molar-refractivity contribution >= 4 is 22.7 Å². The highest BCUT2D eigenvalue weighted by Crippen LogP contribution is 2.50. The second-order valence-corrected chi connectivity index (χ2v) is 8.65. The molecule has 2 heterocycles. The monoisotopic (exact) mass is 418 g/mol. The van der Waals surface area contributed by atoms with Gasteiger partial charge in [0.15, 0.2) is 5.54 Å².